The average Bonchev–Trinajstić information content (AvgIpc) is 2.26. The molecule has 15 heavy (non-hydrogen) atoms. The number of ether oxygens (including phenoxy) is 1. The van der Waals surface area contributed by atoms with Crippen molar-refractivity contribution in [3.8, 4) is 0 Å². The minimum absolute atomic E-state index is 0.0246. The third-order valence-corrected chi connectivity index (χ3v) is 1.94. The van der Waals surface area contributed by atoms with Crippen molar-refractivity contribution in [2.24, 2.45) is 0 Å². The fourth-order valence-electron chi connectivity index (χ4n) is 0.949. The summed E-state index contributed by atoms with van der Waals surface area (Å²) in [5, 5.41) is -0.0246. The summed E-state index contributed by atoms with van der Waals surface area (Å²) in [7, 11) is 0. The van der Waals surface area contributed by atoms with Crippen LogP contribution in [0.4, 0.5) is 4.39 Å². The zero-order valence-corrected chi connectivity index (χ0v) is 8.92. The molecule has 1 rings (SSSR count). The van der Waals surface area contributed by atoms with Crippen LogP contribution in [0.3, 0.4) is 0 Å². The highest BCUT2D eigenvalue weighted by Crippen LogP contribution is 2.12. The van der Waals surface area contributed by atoms with Gasteiger partial charge in [-0.25, -0.2) is 4.39 Å². The highest BCUT2D eigenvalue weighted by atomic mass is 35.5. The van der Waals surface area contributed by atoms with Crippen molar-refractivity contribution in [3.05, 3.63) is 46.9 Å². The third-order valence-electron chi connectivity index (χ3n) is 1.68. The Labute approximate surface area is 92.3 Å². The maximum atomic E-state index is 12.6. The van der Waals surface area contributed by atoms with Crippen molar-refractivity contribution in [2.75, 3.05) is 6.61 Å². The number of Topliss-reactive ketones (excluding diaryl/α,β-unsaturated/α-hetero) is 1. The fraction of sp³-hybridized carbons (Fsp3) is 0.182. The number of benzene rings is 1. The Morgan fingerprint density at radius 1 is 1.47 bits per heavy atom. The molecule has 0 amide bonds. The van der Waals surface area contributed by atoms with E-state index in [2.05, 4.69) is 0 Å². The molecule has 0 bridgehead atoms. The Morgan fingerprint density at radius 3 is 2.60 bits per heavy atom. The standard InChI is InChI=1S/C11H10ClFO2/c1-2-15-7-10(12)11(14)8-3-5-9(13)6-4-8/h3-7H,2H2,1H3. The minimum atomic E-state index is -0.392. The molecule has 0 heterocycles. The first kappa shape index (κ1) is 11.7. The van der Waals surface area contributed by atoms with Gasteiger partial charge < -0.3 is 4.74 Å². The number of allylic oxidation sites excluding steroid dienone is 1. The van der Waals surface area contributed by atoms with Crippen LogP contribution < -0.4 is 0 Å². The summed E-state index contributed by atoms with van der Waals surface area (Å²) in [6.45, 7) is 2.22. The summed E-state index contributed by atoms with van der Waals surface area (Å²) >= 11 is 5.68. The number of hydrogen-bond acceptors (Lipinski definition) is 2. The minimum Gasteiger partial charge on any atom is -0.500 e. The van der Waals surface area contributed by atoms with E-state index in [1.54, 1.807) is 6.92 Å². The molecule has 0 fully saturated rings. The van der Waals surface area contributed by atoms with Crippen LogP contribution in [0.15, 0.2) is 35.6 Å². The van der Waals surface area contributed by atoms with E-state index in [0.29, 0.717) is 12.2 Å². The largest absolute Gasteiger partial charge is 0.500 e. The lowest BCUT2D eigenvalue weighted by Crippen LogP contribution is -1.99. The second-order valence-corrected chi connectivity index (χ2v) is 3.16. The molecular formula is C11H10ClFO2. The Kier molecular flexibility index (Phi) is 4.31. The first-order valence-corrected chi connectivity index (χ1v) is 4.80. The molecule has 1 aromatic rings. The summed E-state index contributed by atoms with van der Waals surface area (Å²) in [6.07, 6.45) is 1.19. The Hall–Kier alpha value is -1.35. The van der Waals surface area contributed by atoms with Gasteiger partial charge in [-0.2, -0.15) is 0 Å². The van der Waals surface area contributed by atoms with Gasteiger partial charge in [-0.15, -0.1) is 0 Å². The monoisotopic (exact) mass is 228 g/mol. The van der Waals surface area contributed by atoms with Gasteiger partial charge in [0.15, 0.2) is 0 Å². The first-order valence-electron chi connectivity index (χ1n) is 4.42. The van der Waals surface area contributed by atoms with Crippen LogP contribution in [0.25, 0.3) is 0 Å². The van der Waals surface area contributed by atoms with Crippen LogP contribution in [0.5, 0.6) is 0 Å². The van der Waals surface area contributed by atoms with Crippen molar-refractivity contribution < 1.29 is 13.9 Å². The lowest BCUT2D eigenvalue weighted by molar-refractivity contribution is 0.103. The molecule has 0 N–H and O–H groups in total. The number of ketones is 1. The van der Waals surface area contributed by atoms with E-state index in [0.717, 1.165) is 0 Å². The van der Waals surface area contributed by atoms with Crippen molar-refractivity contribution in [3.63, 3.8) is 0 Å². The Balaban J connectivity index is 2.80. The molecule has 0 saturated carbocycles. The van der Waals surface area contributed by atoms with E-state index in [9.17, 15) is 9.18 Å². The highest BCUT2D eigenvalue weighted by molar-refractivity contribution is 6.45. The second kappa shape index (κ2) is 5.51. The lowest BCUT2D eigenvalue weighted by Gasteiger charge is -1.99. The van der Waals surface area contributed by atoms with E-state index in [4.69, 9.17) is 16.3 Å². The summed E-state index contributed by atoms with van der Waals surface area (Å²) in [5.74, 6) is -0.776. The van der Waals surface area contributed by atoms with E-state index >= 15 is 0 Å². The van der Waals surface area contributed by atoms with E-state index < -0.39 is 5.82 Å². The number of halogens is 2. The Bertz CT molecular complexity index is 371. The van der Waals surface area contributed by atoms with Gasteiger partial charge in [0.05, 0.1) is 6.61 Å². The maximum absolute atomic E-state index is 12.6. The molecule has 4 heteroatoms. The molecule has 0 radical (unpaired) electrons. The summed E-state index contributed by atoms with van der Waals surface area (Å²) < 4.78 is 17.4. The molecule has 0 aliphatic carbocycles. The maximum Gasteiger partial charge on any atom is 0.207 e. The van der Waals surface area contributed by atoms with Crippen LogP contribution in [0.1, 0.15) is 17.3 Å². The predicted molar refractivity (Wildman–Crippen MR) is 56.3 cm³/mol. The molecule has 0 saturated heterocycles. The number of carbonyl (C=O) groups excluding carboxylic acids is 1. The van der Waals surface area contributed by atoms with Gasteiger partial charge >= 0.3 is 0 Å². The van der Waals surface area contributed by atoms with Crippen LogP contribution >= 0.6 is 11.6 Å². The number of carbonyl (C=O) groups is 1. The van der Waals surface area contributed by atoms with Gasteiger partial charge in [0, 0.05) is 5.56 Å². The van der Waals surface area contributed by atoms with Crippen molar-refractivity contribution in [1.82, 2.24) is 0 Å². The first-order chi connectivity index (χ1) is 7.15. The quantitative estimate of drug-likeness (QED) is 0.450. The highest BCUT2D eigenvalue weighted by Gasteiger charge is 2.10. The van der Waals surface area contributed by atoms with E-state index in [-0.39, 0.29) is 10.8 Å². The molecule has 1 aromatic carbocycles. The average molecular weight is 229 g/mol. The molecule has 0 aromatic heterocycles. The van der Waals surface area contributed by atoms with Crippen LogP contribution in [-0.4, -0.2) is 12.4 Å². The normalized spacial score (nSPS) is 11.3. The van der Waals surface area contributed by atoms with Gasteiger partial charge in [0.1, 0.15) is 17.1 Å². The Morgan fingerprint density at radius 2 is 2.07 bits per heavy atom. The molecule has 0 atom stereocenters. The molecule has 80 valence electrons. The molecule has 0 unspecified atom stereocenters. The van der Waals surface area contributed by atoms with Crippen LogP contribution in [0.2, 0.25) is 0 Å². The SMILES string of the molecule is CCOC=C(Cl)C(=O)c1ccc(F)cc1. The zero-order chi connectivity index (χ0) is 11.3. The van der Waals surface area contributed by atoms with Crippen molar-refractivity contribution in [1.29, 1.82) is 0 Å². The van der Waals surface area contributed by atoms with Gasteiger partial charge in [0.2, 0.25) is 5.78 Å². The topological polar surface area (TPSA) is 26.3 Å². The fourth-order valence-corrected chi connectivity index (χ4v) is 1.12. The van der Waals surface area contributed by atoms with Crippen molar-refractivity contribution in [2.45, 2.75) is 6.92 Å². The summed E-state index contributed by atoms with van der Waals surface area (Å²) in [4.78, 5) is 11.6. The van der Waals surface area contributed by atoms with E-state index in [1.807, 2.05) is 0 Å². The molecule has 2 nitrogen and oxygen atoms in total. The predicted octanol–water partition coefficient (Wildman–Crippen LogP) is 3.13. The van der Waals surface area contributed by atoms with Crippen LogP contribution in [0, 0.1) is 5.82 Å². The lowest BCUT2D eigenvalue weighted by atomic mass is 10.1. The van der Waals surface area contributed by atoms with Gasteiger partial charge in [-0.05, 0) is 31.2 Å². The summed E-state index contributed by atoms with van der Waals surface area (Å²) in [6, 6.07) is 5.16. The smallest absolute Gasteiger partial charge is 0.207 e. The van der Waals surface area contributed by atoms with Gasteiger partial charge in [0.25, 0.3) is 0 Å². The molecule has 0 aliphatic rings. The van der Waals surface area contributed by atoms with E-state index in [1.165, 1.54) is 30.5 Å². The number of rotatable bonds is 4. The number of hydrogen-bond donors (Lipinski definition) is 0. The molecule has 0 aliphatic heterocycles. The zero-order valence-electron chi connectivity index (χ0n) is 8.17. The molecular weight excluding hydrogens is 219 g/mol. The van der Waals surface area contributed by atoms with Gasteiger partial charge in [-0.3, -0.25) is 4.79 Å². The molecule has 0 spiro atoms. The van der Waals surface area contributed by atoms with Gasteiger partial charge in [-0.1, -0.05) is 11.6 Å². The summed E-state index contributed by atoms with van der Waals surface area (Å²) in [5.41, 5.74) is 0.331. The van der Waals surface area contributed by atoms with Crippen molar-refractivity contribution >= 4 is 17.4 Å². The second-order valence-electron chi connectivity index (χ2n) is 2.76. The van der Waals surface area contributed by atoms with Crippen LogP contribution in [-0.2, 0) is 4.74 Å². The third kappa shape index (κ3) is 3.36.